The van der Waals surface area contributed by atoms with Crippen LogP contribution in [0.4, 0.5) is 13.6 Å². The number of aliphatic carboxylic acids is 1. The Bertz CT molecular complexity index is 1350. The molecule has 2 aromatic carbocycles. The van der Waals surface area contributed by atoms with Gasteiger partial charge in [0.05, 0.1) is 30.6 Å². The number of nitrogens with zero attached hydrogens (tertiary/aromatic N) is 3. The van der Waals surface area contributed by atoms with Crippen LogP contribution < -0.4 is 0 Å². The first-order valence-corrected chi connectivity index (χ1v) is 12.8. The number of benzene rings is 2. The lowest BCUT2D eigenvalue weighted by Gasteiger charge is -2.28. The summed E-state index contributed by atoms with van der Waals surface area (Å²) in [5.41, 5.74) is 4.07. The number of rotatable bonds is 5. The van der Waals surface area contributed by atoms with Crippen LogP contribution in [0.5, 0.6) is 0 Å². The number of hydrogen-bond acceptors (Lipinski definition) is 4. The van der Waals surface area contributed by atoms with E-state index >= 15 is 0 Å². The molecule has 0 unspecified atom stereocenters. The Morgan fingerprint density at radius 3 is 2.62 bits per heavy atom. The smallest absolute Gasteiger partial charge is 0.409 e. The van der Waals surface area contributed by atoms with Crippen LogP contribution in [0.3, 0.4) is 0 Å². The fourth-order valence-corrected chi connectivity index (χ4v) is 5.96. The first-order valence-electron chi connectivity index (χ1n) is 12.8. The number of carboxylic acid groups (broad SMARTS) is 1. The Balaban J connectivity index is 1.58. The number of halogens is 2. The molecule has 37 heavy (non-hydrogen) atoms. The van der Waals surface area contributed by atoms with Gasteiger partial charge in [-0.15, -0.1) is 0 Å². The van der Waals surface area contributed by atoms with Gasteiger partial charge in [0, 0.05) is 24.1 Å². The molecular formula is C28H31F2N3O4. The molecule has 2 aliphatic rings. The average Bonchev–Trinajstić information content (AvgIpc) is 3.31. The molecule has 0 bridgehead atoms. The zero-order valence-electron chi connectivity index (χ0n) is 21.0. The van der Waals surface area contributed by atoms with Crippen LogP contribution in [0.2, 0.25) is 0 Å². The normalized spacial score (nSPS) is 20.5. The van der Waals surface area contributed by atoms with Crippen LogP contribution in [0.15, 0.2) is 30.3 Å². The first-order chi connectivity index (χ1) is 17.8. The van der Waals surface area contributed by atoms with E-state index in [2.05, 4.69) is 10.6 Å². The predicted octanol–water partition coefficient (Wildman–Crippen LogP) is 5.60. The summed E-state index contributed by atoms with van der Waals surface area (Å²) in [6, 6.07) is 8.08. The second-order valence-corrected chi connectivity index (χ2v) is 10.2. The van der Waals surface area contributed by atoms with Gasteiger partial charge in [-0.1, -0.05) is 18.2 Å². The van der Waals surface area contributed by atoms with E-state index in [1.165, 1.54) is 13.2 Å². The summed E-state index contributed by atoms with van der Waals surface area (Å²) in [4.78, 5) is 30.5. The number of imidazole rings is 1. The summed E-state index contributed by atoms with van der Waals surface area (Å²) in [7, 11) is 1.37. The topological polar surface area (TPSA) is 84.7 Å². The quantitative estimate of drug-likeness (QED) is 0.482. The molecule has 1 saturated carbocycles. The van der Waals surface area contributed by atoms with E-state index in [-0.39, 0.29) is 30.4 Å². The average molecular weight is 512 g/mol. The largest absolute Gasteiger partial charge is 0.481 e. The van der Waals surface area contributed by atoms with E-state index in [0.29, 0.717) is 50.8 Å². The molecule has 1 aliphatic heterocycles. The van der Waals surface area contributed by atoms with Gasteiger partial charge in [-0.25, -0.2) is 18.6 Å². The van der Waals surface area contributed by atoms with Crippen molar-refractivity contribution >= 4 is 23.1 Å². The summed E-state index contributed by atoms with van der Waals surface area (Å²) in [5.74, 6) is -1.93. The molecule has 0 radical (unpaired) electrons. The Kier molecular flexibility index (Phi) is 6.88. The predicted molar refractivity (Wildman–Crippen MR) is 133 cm³/mol. The number of aromatic nitrogens is 2. The zero-order valence-corrected chi connectivity index (χ0v) is 21.0. The highest BCUT2D eigenvalue weighted by Gasteiger charge is 2.32. The molecule has 1 amide bonds. The third kappa shape index (κ3) is 4.67. The van der Waals surface area contributed by atoms with Crippen LogP contribution in [-0.2, 0) is 28.9 Å². The molecule has 0 spiro atoms. The van der Waals surface area contributed by atoms with Gasteiger partial charge in [-0.05, 0) is 68.7 Å². The lowest BCUT2D eigenvalue weighted by atomic mass is 9.81. The number of hydrogen-bond donors (Lipinski definition) is 1. The summed E-state index contributed by atoms with van der Waals surface area (Å²) in [5, 5.41) is 9.46. The molecule has 1 aromatic heterocycles. The molecule has 7 nitrogen and oxygen atoms in total. The van der Waals surface area contributed by atoms with Crippen molar-refractivity contribution in [1.82, 2.24) is 14.5 Å². The number of ether oxygens (including phenoxy) is 1. The maximum Gasteiger partial charge on any atom is 0.409 e. The third-order valence-corrected chi connectivity index (χ3v) is 7.95. The number of carbonyl (C=O) groups excluding carboxylic acids is 1. The lowest BCUT2D eigenvalue weighted by molar-refractivity contribution is -0.142. The van der Waals surface area contributed by atoms with Crippen molar-refractivity contribution in [2.75, 3.05) is 13.7 Å². The van der Waals surface area contributed by atoms with Crippen LogP contribution in [0.1, 0.15) is 67.1 Å². The molecular weight excluding hydrogens is 480 g/mol. The van der Waals surface area contributed by atoms with Crippen LogP contribution in [-0.4, -0.2) is 45.3 Å². The van der Waals surface area contributed by atoms with Gasteiger partial charge in [0.25, 0.3) is 0 Å². The number of carboxylic acids is 1. The zero-order chi connectivity index (χ0) is 26.3. The Morgan fingerprint density at radius 2 is 1.92 bits per heavy atom. The molecule has 1 fully saturated rings. The Labute approximate surface area is 214 Å². The molecule has 5 rings (SSSR count). The molecule has 196 valence electrons. The maximum absolute atomic E-state index is 14.6. The monoisotopic (exact) mass is 511 g/mol. The van der Waals surface area contributed by atoms with E-state index in [4.69, 9.17) is 9.72 Å². The number of amides is 1. The Hall–Kier alpha value is -3.49. The van der Waals surface area contributed by atoms with Gasteiger partial charge < -0.3 is 19.3 Å². The highest BCUT2D eigenvalue weighted by Crippen LogP contribution is 2.40. The van der Waals surface area contributed by atoms with Crippen LogP contribution in [0.25, 0.3) is 11.0 Å². The van der Waals surface area contributed by atoms with Gasteiger partial charge in [-0.3, -0.25) is 4.79 Å². The van der Waals surface area contributed by atoms with Crippen LogP contribution in [0, 0.1) is 17.6 Å². The van der Waals surface area contributed by atoms with Crippen molar-refractivity contribution in [3.05, 3.63) is 64.5 Å². The summed E-state index contributed by atoms with van der Waals surface area (Å²) >= 11 is 0. The van der Waals surface area contributed by atoms with Crippen molar-refractivity contribution in [3.8, 4) is 0 Å². The number of methoxy groups -OCH3 is 1. The molecule has 1 atom stereocenters. The van der Waals surface area contributed by atoms with Crippen molar-refractivity contribution in [3.63, 3.8) is 0 Å². The fraction of sp³-hybridized carbons (Fsp3) is 0.464. The van der Waals surface area contributed by atoms with E-state index in [1.807, 2.05) is 13.0 Å². The van der Waals surface area contributed by atoms with Crippen molar-refractivity contribution < 1.29 is 28.2 Å². The van der Waals surface area contributed by atoms with E-state index in [1.54, 1.807) is 11.0 Å². The molecule has 1 N–H and O–H groups in total. The molecule has 0 saturated heterocycles. The second-order valence-electron chi connectivity index (χ2n) is 10.2. The molecule has 2 heterocycles. The summed E-state index contributed by atoms with van der Waals surface area (Å²) in [6.45, 7) is 2.92. The van der Waals surface area contributed by atoms with Crippen LogP contribution >= 0.6 is 0 Å². The van der Waals surface area contributed by atoms with Crippen molar-refractivity contribution in [2.24, 2.45) is 5.92 Å². The highest BCUT2D eigenvalue weighted by molar-refractivity contribution is 5.82. The molecule has 3 aromatic rings. The lowest BCUT2D eigenvalue weighted by Crippen LogP contribution is -2.35. The summed E-state index contributed by atoms with van der Waals surface area (Å²) in [6.07, 6.45) is 3.11. The Morgan fingerprint density at radius 1 is 1.16 bits per heavy atom. The molecule has 9 heteroatoms. The van der Waals surface area contributed by atoms with Gasteiger partial charge in [-0.2, -0.15) is 0 Å². The third-order valence-electron chi connectivity index (χ3n) is 7.95. The number of carbonyl (C=O) groups is 2. The van der Waals surface area contributed by atoms with Gasteiger partial charge >= 0.3 is 12.1 Å². The van der Waals surface area contributed by atoms with E-state index < -0.39 is 17.6 Å². The van der Waals surface area contributed by atoms with Crippen molar-refractivity contribution in [2.45, 2.75) is 64.0 Å². The van der Waals surface area contributed by atoms with E-state index in [0.717, 1.165) is 34.1 Å². The van der Waals surface area contributed by atoms with Gasteiger partial charge in [0.2, 0.25) is 0 Å². The first kappa shape index (κ1) is 25.2. The minimum Gasteiger partial charge on any atom is -0.481 e. The highest BCUT2D eigenvalue weighted by atomic mass is 19.2. The van der Waals surface area contributed by atoms with Gasteiger partial charge in [0.1, 0.15) is 5.82 Å². The van der Waals surface area contributed by atoms with E-state index in [9.17, 15) is 23.5 Å². The minimum absolute atomic E-state index is 0.0544. The minimum atomic E-state index is -0.871. The number of fused-ring (bicyclic) bond motifs is 3. The summed E-state index contributed by atoms with van der Waals surface area (Å²) < 4.78 is 35.6. The van der Waals surface area contributed by atoms with Crippen molar-refractivity contribution in [1.29, 1.82) is 0 Å². The fourth-order valence-electron chi connectivity index (χ4n) is 5.96. The standard InChI is InChI=1S/C28H31F2N3O4/c1-16(14-20-4-3-5-22(29)24(20)30)33-23-11-10-17-12-13-32(28(36)37-2)15-21(17)25(23)31-26(33)18-6-8-19(9-7-18)27(34)35/h3-5,10-11,16,18-19H,6-9,12-15H2,1-2H3,(H,34,35)/t16-,18?,19?/m0/s1. The second kappa shape index (κ2) is 10.1. The SMILES string of the molecule is COC(=O)N1CCc2ccc3c(nc(C4CCC(C(=O)O)CC4)n3[C@@H](C)Cc3cccc(F)c3F)c2C1. The maximum atomic E-state index is 14.6. The van der Waals surface area contributed by atoms with Gasteiger partial charge in [0.15, 0.2) is 11.6 Å². The molecule has 1 aliphatic carbocycles.